The lowest BCUT2D eigenvalue weighted by molar-refractivity contribution is 0.619. The first kappa shape index (κ1) is 16.9. The van der Waals surface area contributed by atoms with Crippen LogP contribution in [0.4, 0.5) is 4.39 Å². The largest absolute Gasteiger partial charge is 0.288 e. The van der Waals surface area contributed by atoms with E-state index in [0.29, 0.717) is 5.56 Å². The first-order valence-electron chi connectivity index (χ1n) is 5.19. The van der Waals surface area contributed by atoms with E-state index in [-0.39, 0.29) is 5.82 Å². The summed E-state index contributed by atoms with van der Waals surface area (Å²) >= 11 is 1.08. The summed E-state index contributed by atoms with van der Waals surface area (Å²) in [7, 11) is 0. The fourth-order valence-corrected chi connectivity index (χ4v) is 1.06. The molecule has 1 aromatic carbocycles. The zero-order valence-corrected chi connectivity index (χ0v) is 11.0. The minimum Gasteiger partial charge on any atom is -0.288 e. The molecule has 0 aliphatic heterocycles. The summed E-state index contributed by atoms with van der Waals surface area (Å²) in [6.45, 7) is 11.4. The molecule has 1 rings (SSSR count). The third-order valence-corrected chi connectivity index (χ3v) is 1.81. The second kappa shape index (κ2) is 11.6. The Morgan fingerprint density at radius 3 is 2.13 bits per heavy atom. The maximum atomic E-state index is 12.8. The van der Waals surface area contributed by atoms with Crippen molar-refractivity contribution in [2.24, 2.45) is 5.14 Å². The van der Waals surface area contributed by atoms with Crippen molar-refractivity contribution in [2.45, 2.75) is 34.6 Å². The van der Waals surface area contributed by atoms with Gasteiger partial charge in [0.1, 0.15) is 5.82 Å². The van der Waals surface area contributed by atoms with Crippen molar-refractivity contribution < 1.29 is 4.39 Å². The predicted molar refractivity (Wildman–Crippen MR) is 71.0 cm³/mol. The van der Waals surface area contributed by atoms with E-state index >= 15 is 0 Å². The standard InChI is InChI=1S/C7H8BFNS.2C2H6/c1-5-2-3-6(8-11-10)4-7(5)9;2*1-2/h2-4H,10H2,1H3;2*1-2H3. The molecule has 0 aliphatic rings. The van der Waals surface area contributed by atoms with Crippen molar-refractivity contribution in [1.29, 1.82) is 0 Å². The Balaban J connectivity index is 0. The van der Waals surface area contributed by atoms with E-state index in [4.69, 9.17) is 5.14 Å². The quantitative estimate of drug-likeness (QED) is 0.622. The summed E-state index contributed by atoms with van der Waals surface area (Å²) in [6.07, 6.45) is 0. The highest BCUT2D eigenvalue weighted by Gasteiger charge is 1.99. The fraction of sp³-hybridized carbons (Fsp3) is 0.455. The number of benzene rings is 1. The monoisotopic (exact) mass is 228 g/mol. The molecule has 2 N–H and O–H groups in total. The van der Waals surface area contributed by atoms with Crippen LogP contribution in [0.25, 0.3) is 0 Å². The van der Waals surface area contributed by atoms with Gasteiger partial charge < -0.3 is 0 Å². The van der Waals surface area contributed by atoms with Gasteiger partial charge in [0.05, 0.1) is 0 Å². The van der Waals surface area contributed by atoms with Crippen LogP contribution in [0.5, 0.6) is 0 Å². The molecule has 0 fully saturated rings. The Bertz CT molecular complexity index is 256. The minimum absolute atomic E-state index is 0.187. The van der Waals surface area contributed by atoms with Gasteiger partial charge in [-0.3, -0.25) is 5.14 Å². The third-order valence-electron chi connectivity index (χ3n) is 1.40. The van der Waals surface area contributed by atoms with Crippen LogP contribution >= 0.6 is 11.8 Å². The van der Waals surface area contributed by atoms with E-state index in [1.807, 2.05) is 33.8 Å². The van der Waals surface area contributed by atoms with Crippen molar-refractivity contribution in [2.75, 3.05) is 0 Å². The molecule has 0 unspecified atom stereocenters. The highest BCUT2D eigenvalue weighted by Crippen LogP contribution is 2.02. The molecule has 0 saturated carbocycles. The van der Waals surface area contributed by atoms with Gasteiger partial charge in [-0.05, 0) is 18.6 Å². The van der Waals surface area contributed by atoms with Crippen molar-refractivity contribution in [3.63, 3.8) is 0 Å². The molecular weight excluding hydrogens is 208 g/mol. The second-order valence-corrected chi connectivity index (χ2v) is 2.77. The van der Waals surface area contributed by atoms with Gasteiger partial charge in [-0.15, -0.1) is 11.8 Å². The molecule has 1 radical (unpaired) electrons. The highest BCUT2D eigenvalue weighted by molar-refractivity contribution is 8.21. The van der Waals surface area contributed by atoms with E-state index in [2.05, 4.69) is 0 Å². The third kappa shape index (κ3) is 7.45. The van der Waals surface area contributed by atoms with Crippen LogP contribution in [0, 0.1) is 12.7 Å². The molecule has 0 aliphatic carbocycles. The maximum Gasteiger partial charge on any atom is 0.250 e. The number of hydrogen-bond acceptors (Lipinski definition) is 2. The fourth-order valence-electron chi connectivity index (χ4n) is 0.761. The van der Waals surface area contributed by atoms with Gasteiger partial charge in [0.2, 0.25) is 0 Å². The van der Waals surface area contributed by atoms with Crippen molar-refractivity contribution in [3.05, 3.63) is 29.6 Å². The Kier molecular flexibility index (Phi) is 13.1. The highest BCUT2D eigenvalue weighted by atomic mass is 32.2. The minimum atomic E-state index is -0.187. The molecule has 85 valence electrons. The van der Waals surface area contributed by atoms with Gasteiger partial charge in [0, 0.05) is 0 Å². The topological polar surface area (TPSA) is 26.0 Å². The Hall–Kier alpha value is -0.475. The smallest absolute Gasteiger partial charge is 0.250 e. The SMILES string of the molecule is CC.CC.Cc1ccc([B]SN)cc1F. The Morgan fingerprint density at radius 2 is 1.73 bits per heavy atom. The van der Waals surface area contributed by atoms with Crippen molar-refractivity contribution in [3.8, 4) is 0 Å². The zero-order chi connectivity index (χ0) is 12.3. The Labute approximate surface area is 97.9 Å². The van der Waals surface area contributed by atoms with Crippen LogP contribution in [0.1, 0.15) is 33.3 Å². The van der Waals surface area contributed by atoms with Crippen LogP contribution in [0.15, 0.2) is 18.2 Å². The number of nitrogens with two attached hydrogens (primary N) is 1. The lowest BCUT2D eigenvalue weighted by atomic mass is 9.93. The van der Waals surface area contributed by atoms with Gasteiger partial charge in [0.15, 0.2) is 0 Å². The maximum absolute atomic E-state index is 12.8. The lowest BCUT2D eigenvalue weighted by Crippen LogP contribution is -2.13. The summed E-state index contributed by atoms with van der Waals surface area (Å²) in [4.78, 5) is 0. The summed E-state index contributed by atoms with van der Waals surface area (Å²) < 4.78 is 12.8. The Morgan fingerprint density at radius 1 is 1.20 bits per heavy atom. The molecule has 4 heteroatoms. The molecule has 0 spiro atoms. The number of rotatable bonds is 2. The van der Waals surface area contributed by atoms with Crippen LogP contribution in [-0.4, -0.2) is 6.56 Å². The van der Waals surface area contributed by atoms with E-state index in [0.717, 1.165) is 17.3 Å². The summed E-state index contributed by atoms with van der Waals surface area (Å²) in [5.41, 5.74) is 1.46. The summed E-state index contributed by atoms with van der Waals surface area (Å²) in [6, 6.07) is 5.03. The average molecular weight is 228 g/mol. The number of halogens is 1. The number of hydrogen-bond donors (Lipinski definition) is 1. The molecule has 1 nitrogen and oxygen atoms in total. The molecule has 15 heavy (non-hydrogen) atoms. The van der Waals surface area contributed by atoms with Gasteiger partial charge >= 0.3 is 0 Å². The first-order chi connectivity index (χ1) is 7.24. The van der Waals surface area contributed by atoms with E-state index in [1.54, 1.807) is 19.5 Å². The predicted octanol–water partition coefficient (Wildman–Crippen LogP) is 3.04. The van der Waals surface area contributed by atoms with Crippen molar-refractivity contribution >= 4 is 23.8 Å². The molecule has 1 aromatic rings. The van der Waals surface area contributed by atoms with Gasteiger partial charge in [-0.1, -0.05) is 45.3 Å². The molecular formula is C11H20BFNS. The van der Waals surface area contributed by atoms with E-state index in [9.17, 15) is 4.39 Å². The molecule has 0 saturated heterocycles. The van der Waals surface area contributed by atoms with Gasteiger partial charge in [0.25, 0.3) is 6.56 Å². The molecule has 0 heterocycles. The van der Waals surface area contributed by atoms with Gasteiger partial charge in [-0.2, -0.15) is 0 Å². The van der Waals surface area contributed by atoms with Crippen LogP contribution < -0.4 is 10.6 Å². The molecule has 0 bridgehead atoms. The molecule has 0 amide bonds. The lowest BCUT2D eigenvalue weighted by Gasteiger charge is -1.98. The van der Waals surface area contributed by atoms with Crippen LogP contribution in [0.3, 0.4) is 0 Å². The van der Waals surface area contributed by atoms with Crippen LogP contribution in [-0.2, 0) is 0 Å². The van der Waals surface area contributed by atoms with Gasteiger partial charge in [-0.25, -0.2) is 4.39 Å². The van der Waals surface area contributed by atoms with E-state index in [1.165, 1.54) is 6.07 Å². The summed E-state index contributed by atoms with van der Waals surface area (Å²) in [5.74, 6) is -0.187. The van der Waals surface area contributed by atoms with Crippen molar-refractivity contribution in [1.82, 2.24) is 0 Å². The normalized spacial score (nSPS) is 7.93. The summed E-state index contributed by atoms with van der Waals surface area (Å²) in [5, 5.41) is 5.19. The number of aryl methyl sites for hydroxylation is 1. The molecule has 0 aromatic heterocycles. The first-order valence-corrected chi connectivity index (χ1v) is 6.13. The van der Waals surface area contributed by atoms with E-state index < -0.39 is 0 Å². The van der Waals surface area contributed by atoms with Crippen LogP contribution in [0.2, 0.25) is 0 Å². The zero-order valence-electron chi connectivity index (χ0n) is 10.2. The average Bonchev–Trinajstić information content (AvgIpc) is 2.30. The second-order valence-electron chi connectivity index (χ2n) is 2.26. The molecule has 0 atom stereocenters.